The summed E-state index contributed by atoms with van der Waals surface area (Å²) in [4.78, 5) is 0. The second-order valence-corrected chi connectivity index (χ2v) is 7.86. The molecule has 0 bridgehead atoms. The van der Waals surface area contributed by atoms with Crippen molar-refractivity contribution < 1.29 is 42.0 Å². The maximum atomic E-state index is 13.8. The number of aliphatic hydroxyl groups is 1. The van der Waals surface area contributed by atoms with E-state index in [0.29, 0.717) is 24.7 Å². The third-order valence-electron chi connectivity index (χ3n) is 5.34. The summed E-state index contributed by atoms with van der Waals surface area (Å²) in [7, 11) is 0. The average Bonchev–Trinajstić information content (AvgIpc) is 2.86. The highest BCUT2D eigenvalue weighted by Gasteiger charge is 2.42. The van der Waals surface area contributed by atoms with E-state index < -0.39 is 30.6 Å². The molecule has 0 saturated carbocycles. The molecule has 0 aliphatic carbocycles. The smallest absolute Gasteiger partial charge is 0.416 e. The van der Waals surface area contributed by atoms with Crippen LogP contribution in [0.4, 0.5) is 13.2 Å². The lowest BCUT2D eigenvalue weighted by molar-refractivity contribution is -0.142. The van der Waals surface area contributed by atoms with Crippen LogP contribution in [0.2, 0.25) is 0 Å². The van der Waals surface area contributed by atoms with Gasteiger partial charge in [-0.3, -0.25) is 0 Å². The van der Waals surface area contributed by atoms with Gasteiger partial charge in [-0.1, -0.05) is 42.5 Å². The van der Waals surface area contributed by atoms with Crippen LogP contribution < -0.4 is 18.9 Å². The molecule has 0 unspecified atom stereocenters. The molecule has 0 radical (unpaired) electrons. The van der Waals surface area contributed by atoms with Crippen LogP contribution >= 0.6 is 0 Å². The monoisotopic (exact) mass is 490 g/mol. The molecule has 0 saturated heterocycles. The van der Waals surface area contributed by atoms with E-state index in [1.54, 1.807) is 48.5 Å². The lowest BCUT2D eigenvalue weighted by Gasteiger charge is -2.31. The fourth-order valence-electron chi connectivity index (χ4n) is 3.63. The first kappa shape index (κ1) is 24.7. The molecule has 186 valence electrons. The lowest BCUT2D eigenvalue weighted by Crippen LogP contribution is -2.41. The Morgan fingerprint density at radius 1 is 0.600 bits per heavy atom. The molecule has 1 N–H and O–H groups in total. The summed E-state index contributed by atoms with van der Waals surface area (Å²) in [5.41, 5.74) is -3.50. The molecule has 0 fully saturated rings. The van der Waals surface area contributed by atoms with E-state index >= 15 is 0 Å². The molecule has 6 nitrogen and oxygen atoms in total. The van der Waals surface area contributed by atoms with Crippen molar-refractivity contribution in [3.05, 3.63) is 83.9 Å². The zero-order valence-corrected chi connectivity index (χ0v) is 18.8. The topological polar surface area (TPSA) is 66.4 Å². The Hall–Kier alpha value is -3.43. The summed E-state index contributed by atoms with van der Waals surface area (Å²) in [6, 6.07) is 18.2. The molecule has 0 aromatic heterocycles. The van der Waals surface area contributed by atoms with Gasteiger partial charge in [-0.15, -0.1) is 0 Å². The largest absolute Gasteiger partial charge is 0.487 e. The second-order valence-electron chi connectivity index (χ2n) is 7.86. The number of fused-ring (bicyclic) bond motifs is 2. The minimum Gasteiger partial charge on any atom is -0.487 e. The molecule has 35 heavy (non-hydrogen) atoms. The predicted octanol–water partition coefficient (Wildman–Crippen LogP) is 4.84. The molecular weight excluding hydrogens is 465 g/mol. The van der Waals surface area contributed by atoms with E-state index in [0.717, 1.165) is 6.07 Å². The van der Waals surface area contributed by atoms with Crippen molar-refractivity contribution >= 4 is 0 Å². The van der Waals surface area contributed by atoms with Crippen LogP contribution in [0.15, 0.2) is 72.8 Å². The van der Waals surface area contributed by atoms with Gasteiger partial charge in [-0.25, -0.2) is 0 Å². The van der Waals surface area contributed by atoms with Crippen LogP contribution in [0.1, 0.15) is 11.1 Å². The highest BCUT2D eigenvalue weighted by molar-refractivity contribution is 5.42. The number of rotatable bonds is 1. The lowest BCUT2D eigenvalue weighted by atomic mass is 9.90. The van der Waals surface area contributed by atoms with Gasteiger partial charge in [-0.05, 0) is 30.3 Å². The van der Waals surface area contributed by atoms with Crippen LogP contribution in [0, 0.1) is 0 Å². The highest BCUT2D eigenvalue weighted by Crippen LogP contribution is 2.39. The van der Waals surface area contributed by atoms with Gasteiger partial charge in [0.2, 0.25) is 0 Å². The van der Waals surface area contributed by atoms with Gasteiger partial charge < -0.3 is 28.8 Å². The maximum absolute atomic E-state index is 13.8. The van der Waals surface area contributed by atoms with Gasteiger partial charge in [0.15, 0.2) is 28.6 Å². The van der Waals surface area contributed by atoms with Gasteiger partial charge in [0.25, 0.3) is 0 Å². The quantitative estimate of drug-likeness (QED) is 0.527. The van der Waals surface area contributed by atoms with Crippen molar-refractivity contribution in [2.24, 2.45) is 0 Å². The number of benzene rings is 3. The highest BCUT2D eigenvalue weighted by atomic mass is 19.4. The Morgan fingerprint density at radius 3 is 1.51 bits per heavy atom. The molecule has 0 amide bonds. The van der Waals surface area contributed by atoms with Gasteiger partial charge in [0, 0.05) is 5.56 Å². The van der Waals surface area contributed by atoms with Crippen molar-refractivity contribution in [2.75, 3.05) is 39.6 Å². The van der Waals surface area contributed by atoms with Crippen LogP contribution in [0.5, 0.6) is 23.0 Å². The second kappa shape index (κ2) is 10.9. The van der Waals surface area contributed by atoms with Crippen molar-refractivity contribution in [1.29, 1.82) is 0 Å². The molecule has 1 aliphatic rings. The Kier molecular flexibility index (Phi) is 7.67. The van der Waals surface area contributed by atoms with E-state index in [1.165, 1.54) is 18.2 Å². The molecule has 0 spiro atoms. The standard InChI is InChI=1S/C26H25F3O6/c27-26(28,29)20-8-2-1-7-19(20)25(30)17-34-23-11-5-3-9-21(23)32-15-13-31-14-16-33-22-10-4-6-12-24(22)35-18-25/h1-12,30H,13-18H2. The molecule has 9 heteroatoms. The Bertz CT molecular complexity index is 1060. The summed E-state index contributed by atoms with van der Waals surface area (Å²) >= 11 is 0. The van der Waals surface area contributed by atoms with Gasteiger partial charge in [0.05, 0.1) is 18.8 Å². The minimum atomic E-state index is -4.69. The van der Waals surface area contributed by atoms with Gasteiger partial charge >= 0.3 is 6.18 Å². The van der Waals surface area contributed by atoms with E-state index in [1.807, 2.05) is 0 Å². The number of para-hydroxylation sites is 4. The Labute approximate surface area is 200 Å². The molecular formula is C26H25F3O6. The number of hydrogen-bond donors (Lipinski definition) is 1. The molecule has 3 aromatic carbocycles. The van der Waals surface area contributed by atoms with Crippen molar-refractivity contribution in [3.63, 3.8) is 0 Å². The fraction of sp³-hybridized carbons (Fsp3) is 0.308. The predicted molar refractivity (Wildman–Crippen MR) is 121 cm³/mol. The zero-order valence-electron chi connectivity index (χ0n) is 18.8. The van der Waals surface area contributed by atoms with Crippen LogP contribution in [-0.2, 0) is 16.5 Å². The third-order valence-corrected chi connectivity index (χ3v) is 5.34. The maximum Gasteiger partial charge on any atom is 0.416 e. The van der Waals surface area contributed by atoms with Gasteiger partial charge in [-0.2, -0.15) is 13.2 Å². The normalized spacial score (nSPS) is 16.9. The third kappa shape index (κ3) is 6.17. The average molecular weight is 490 g/mol. The molecule has 1 aliphatic heterocycles. The summed E-state index contributed by atoms with van der Waals surface area (Å²) < 4.78 is 70.1. The van der Waals surface area contributed by atoms with Crippen molar-refractivity contribution in [2.45, 2.75) is 11.8 Å². The summed E-state index contributed by atoms with van der Waals surface area (Å²) in [5, 5.41) is 11.6. The SMILES string of the molecule is OC1(c2ccccc2C(F)(F)F)COc2ccccc2OCCOCCOc2ccccc2OC1. The summed E-state index contributed by atoms with van der Waals surface area (Å²) in [6.07, 6.45) is -4.69. The van der Waals surface area contributed by atoms with Crippen LogP contribution in [0.3, 0.4) is 0 Å². The minimum absolute atomic E-state index is 0.223. The van der Waals surface area contributed by atoms with Gasteiger partial charge in [0.1, 0.15) is 26.4 Å². The molecule has 1 heterocycles. The first-order valence-electron chi connectivity index (χ1n) is 11.0. The molecule has 3 aromatic rings. The Balaban J connectivity index is 1.72. The van der Waals surface area contributed by atoms with E-state index in [9.17, 15) is 18.3 Å². The van der Waals surface area contributed by atoms with Crippen molar-refractivity contribution in [3.8, 4) is 23.0 Å². The first-order chi connectivity index (χ1) is 16.9. The number of halogens is 3. The molecule has 0 atom stereocenters. The van der Waals surface area contributed by atoms with Crippen LogP contribution in [-0.4, -0.2) is 44.7 Å². The fourth-order valence-corrected chi connectivity index (χ4v) is 3.63. The number of hydrogen-bond acceptors (Lipinski definition) is 6. The Morgan fingerprint density at radius 2 is 1.03 bits per heavy atom. The van der Waals surface area contributed by atoms with E-state index in [-0.39, 0.29) is 30.3 Å². The van der Waals surface area contributed by atoms with E-state index in [4.69, 9.17) is 23.7 Å². The zero-order chi connectivity index (χ0) is 24.7. The van der Waals surface area contributed by atoms with Crippen molar-refractivity contribution in [1.82, 2.24) is 0 Å². The number of alkyl halides is 3. The first-order valence-corrected chi connectivity index (χ1v) is 11.0. The van der Waals surface area contributed by atoms with E-state index in [2.05, 4.69) is 0 Å². The summed E-state index contributed by atoms with van der Waals surface area (Å²) in [6.45, 7) is -0.0278. The van der Waals surface area contributed by atoms with Crippen LogP contribution in [0.25, 0.3) is 0 Å². The molecule has 4 rings (SSSR count). The summed E-state index contributed by atoms with van der Waals surface area (Å²) in [5.74, 6) is 1.28. The number of ether oxygens (including phenoxy) is 5.